The van der Waals surface area contributed by atoms with Crippen LogP contribution in [0.2, 0.25) is 10.0 Å². The van der Waals surface area contributed by atoms with Gasteiger partial charge < -0.3 is 4.90 Å². The highest BCUT2D eigenvalue weighted by molar-refractivity contribution is 8.00. The van der Waals surface area contributed by atoms with Crippen molar-refractivity contribution < 1.29 is 4.79 Å². The Bertz CT molecular complexity index is 476. The number of amides is 1. The molecule has 1 aliphatic carbocycles. The predicted molar refractivity (Wildman–Crippen MR) is 71.5 cm³/mol. The lowest BCUT2D eigenvalue weighted by atomic mass is 10.2. The first-order chi connectivity index (χ1) is 8.18. The van der Waals surface area contributed by atoms with E-state index in [2.05, 4.69) is 0 Å². The molecule has 17 heavy (non-hydrogen) atoms. The largest absolute Gasteiger partial charge is 0.323 e. The molecule has 0 aromatic heterocycles. The summed E-state index contributed by atoms with van der Waals surface area (Å²) in [4.78, 5) is 13.8. The number of hydrogen-bond acceptors (Lipinski definition) is 2. The third kappa shape index (κ3) is 2.05. The molecular weight excluding hydrogens is 277 g/mol. The van der Waals surface area contributed by atoms with Crippen LogP contribution in [0.25, 0.3) is 0 Å². The molecule has 3 rings (SSSR count). The van der Waals surface area contributed by atoms with Crippen molar-refractivity contribution in [2.75, 3.05) is 5.75 Å². The van der Waals surface area contributed by atoms with Crippen LogP contribution < -0.4 is 0 Å². The minimum absolute atomic E-state index is 0.0428. The lowest BCUT2D eigenvalue weighted by Gasteiger charge is -2.24. The van der Waals surface area contributed by atoms with Crippen LogP contribution in [-0.4, -0.2) is 22.6 Å². The monoisotopic (exact) mass is 287 g/mol. The molecular formula is C12H11Cl2NOS. The van der Waals surface area contributed by atoms with Crippen LogP contribution in [0.4, 0.5) is 0 Å². The summed E-state index contributed by atoms with van der Waals surface area (Å²) in [5, 5.41) is 1.17. The Hall–Kier alpha value is -0.380. The molecule has 1 atom stereocenters. The summed E-state index contributed by atoms with van der Waals surface area (Å²) in [6.07, 6.45) is 2.22. The minimum Gasteiger partial charge on any atom is -0.323 e. The molecule has 0 radical (unpaired) electrons. The molecule has 0 bridgehead atoms. The molecule has 1 amide bonds. The molecule has 90 valence electrons. The number of thioether (sulfide) groups is 1. The van der Waals surface area contributed by atoms with E-state index in [0.29, 0.717) is 21.8 Å². The summed E-state index contributed by atoms with van der Waals surface area (Å²) >= 11 is 13.9. The van der Waals surface area contributed by atoms with Gasteiger partial charge in [-0.05, 0) is 18.9 Å². The summed E-state index contributed by atoms with van der Waals surface area (Å²) < 4.78 is 0. The van der Waals surface area contributed by atoms with Crippen molar-refractivity contribution in [3.63, 3.8) is 0 Å². The fourth-order valence-corrected chi connectivity index (χ4v) is 3.89. The number of hydrogen-bond donors (Lipinski definition) is 0. The highest BCUT2D eigenvalue weighted by Gasteiger charge is 2.43. The van der Waals surface area contributed by atoms with Gasteiger partial charge in [0.2, 0.25) is 5.91 Å². The van der Waals surface area contributed by atoms with E-state index in [1.165, 1.54) is 0 Å². The second-order valence-corrected chi connectivity index (χ2v) is 6.19. The van der Waals surface area contributed by atoms with Gasteiger partial charge in [0.15, 0.2) is 0 Å². The molecule has 0 unspecified atom stereocenters. The molecule has 0 N–H and O–H groups in total. The van der Waals surface area contributed by atoms with Gasteiger partial charge in [-0.1, -0.05) is 35.3 Å². The van der Waals surface area contributed by atoms with Crippen molar-refractivity contribution in [2.24, 2.45) is 0 Å². The maximum Gasteiger partial charge on any atom is 0.234 e. The first kappa shape index (κ1) is 11.7. The number of carbonyl (C=O) groups excluding carboxylic acids is 1. The molecule has 1 saturated heterocycles. The van der Waals surface area contributed by atoms with Gasteiger partial charge in [-0.3, -0.25) is 4.79 Å². The van der Waals surface area contributed by atoms with Gasteiger partial charge >= 0.3 is 0 Å². The van der Waals surface area contributed by atoms with E-state index in [1.807, 2.05) is 17.0 Å². The Morgan fingerprint density at radius 2 is 2.06 bits per heavy atom. The molecule has 0 spiro atoms. The number of halogens is 2. The summed E-state index contributed by atoms with van der Waals surface area (Å²) in [6.45, 7) is 0. The summed E-state index contributed by atoms with van der Waals surface area (Å²) in [5.74, 6) is 0.767. The highest BCUT2D eigenvalue weighted by Crippen LogP contribution is 2.47. The first-order valence-electron chi connectivity index (χ1n) is 5.55. The van der Waals surface area contributed by atoms with Gasteiger partial charge in [0.05, 0.1) is 15.8 Å². The summed E-state index contributed by atoms with van der Waals surface area (Å²) in [7, 11) is 0. The average molecular weight is 288 g/mol. The SMILES string of the molecule is O=C1CS[C@@H](c2cccc(Cl)c2Cl)N1C1CC1. The number of benzene rings is 1. The van der Waals surface area contributed by atoms with Crippen molar-refractivity contribution in [1.82, 2.24) is 4.90 Å². The van der Waals surface area contributed by atoms with Gasteiger partial charge in [0.25, 0.3) is 0 Å². The predicted octanol–water partition coefficient (Wildman–Crippen LogP) is 3.73. The fourth-order valence-electron chi connectivity index (χ4n) is 2.13. The van der Waals surface area contributed by atoms with E-state index >= 15 is 0 Å². The minimum atomic E-state index is 0.0428. The van der Waals surface area contributed by atoms with Gasteiger partial charge in [-0.15, -0.1) is 11.8 Å². The Morgan fingerprint density at radius 1 is 1.29 bits per heavy atom. The van der Waals surface area contributed by atoms with Crippen LogP contribution in [0, 0.1) is 0 Å². The second-order valence-electron chi connectivity index (χ2n) is 4.34. The van der Waals surface area contributed by atoms with E-state index < -0.39 is 0 Å². The van der Waals surface area contributed by atoms with Crippen molar-refractivity contribution in [3.8, 4) is 0 Å². The van der Waals surface area contributed by atoms with Crippen LogP contribution >= 0.6 is 35.0 Å². The molecule has 5 heteroatoms. The Balaban J connectivity index is 1.97. The molecule has 2 aliphatic rings. The van der Waals surface area contributed by atoms with Gasteiger partial charge in [0, 0.05) is 11.6 Å². The lowest BCUT2D eigenvalue weighted by molar-refractivity contribution is -0.128. The Labute approximate surface area is 114 Å². The Kier molecular flexibility index (Phi) is 3.01. The number of rotatable bonds is 2. The second kappa shape index (κ2) is 4.38. The van der Waals surface area contributed by atoms with Gasteiger partial charge in [-0.25, -0.2) is 0 Å². The normalized spacial score (nSPS) is 24.5. The van der Waals surface area contributed by atoms with E-state index in [-0.39, 0.29) is 11.3 Å². The van der Waals surface area contributed by atoms with E-state index in [4.69, 9.17) is 23.2 Å². The smallest absolute Gasteiger partial charge is 0.234 e. The van der Waals surface area contributed by atoms with Gasteiger partial charge in [0.1, 0.15) is 5.37 Å². The molecule has 2 fully saturated rings. The average Bonchev–Trinajstić information content (AvgIpc) is 3.07. The maximum atomic E-state index is 11.9. The zero-order valence-electron chi connectivity index (χ0n) is 9.03. The molecule has 2 nitrogen and oxygen atoms in total. The topological polar surface area (TPSA) is 20.3 Å². The third-order valence-electron chi connectivity index (χ3n) is 3.09. The molecule has 1 saturated carbocycles. The third-order valence-corrected chi connectivity index (χ3v) is 5.14. The standard InChI is InChI=1S/C12H11Cl2NOS/c13-9-3-1-2-8(11(9)14)12-15(7-4-5-7)10(16)6-17-12/h1-3,7,12H,4-6H2/t12-/m0/s1. The molecule has 1 heterocycles. The van der Waals surface area contributed by atoms with Crippen molar-refractivity contribution in [1.29, 1.82) is 0 Å². The Morgan fingerprint density at radius 3 is 2.76 bits per heavy atom. The van der Waals surface area contributed by atoms with Crippen LogP contribution in [0.15, 0.2) is 18.2 Å². The van der Waals surface area contributed by atoms with Crippen molar-refractivity contribution in [2.45, 2.75) is 24.3 Å². The zero-order valence-corrected chi connectivity index (χ0v) is 11.4. The van der Waals surface area contributed by atoms with Crippen LogP contribution in [0.5, 0.6) is 0 Å². The molecule has 1 aliphatic heterocycles. The zero-order chi connectivity index (χ0) is 12.0. The van der Waals surface area contributed by atoms with Crippen molar-refractivity contribution in [3.05, 3.63) is 33.8 Å². The van der Waals surface area contributed by atoms with Crippen LogP contribution in [-0.2, 0) is 4.79 Å². The molecule has 1 aromatic rings. The first-order valence-corrected chi connectivity index (χ1v) is 7.35. The number of carbonyl (C=O) groups is 1. The lowest BCUT2D eigenvalue weighted by Crippen LogP contribution is -2.30. The summed E-state index contributed by atoms with van der Waals surface area (Å²) in [5.41, 5.74) is 0.960. The van der Waals surface area contributed by atoms with E-state index in [9.17, 15) is 4.79 Å². The molecule has 1 aromatic carbocycles. The van der Waals surface area contributed by atoms with Gasteiger partial charge in [-0.2, -0.15) is 0 Å². The van der Waals surface area contributed by atoms with E-state index in [1.54, 1.807) is 17.8 Å². The highest BCUT2D eigenvalue weighted by atomic mass is 35.5. The maximum absolute atomic E-state index is 11.9. The van der Waals surface area contributed by atoms with Crippen molar-refractivity contribution >= 4 is 40.9 Å². The number of nitrogens with zero attached hydrogens (tertiary/aromatic N) is 1. The van der Waals surface area contributed by atoms with Crippen LogP contribution in [0.1, 0.15) is 23.8 Å². The fraction of sp³-hybridized carbons (Fsp3) is 0.417. The van der Waals surface area contributed by atoms with E-state index in [0.717, 1.165) is 18.4 Å². The van der Waals surface area contributed by atoms with Crippen LogP contribution in [0.3, 0.4) is 0 Å². The quantitative estimate of drug-likeness (QED) is 0.826. The summed E-state index contributed by atoms with van der Waals surface area (Å²) in [6, 6.07) is 6.03.